The van der Waals surface area contributed by atoms with Gasteiger partial charge >= 0.3 is 6.03 Å². The van der Waals surface area contributed by atoms with Crippen LogP contribution >= 0.6 is 0 Å². The number of carbonyl (C=O) groups is 1. The van der Waals surface area contributed by atoms with Crippen molar-refractivity contribution in [3.05, 3.63) is 0 Å². The fourth-order valence-corrected chi connectivity index (χ4v) is 2.68. The summed E-state index contributed by atoms with van der Waals surface area (Å²) >= 11 is 0. The van der Waals surface area contributed by atoms with Gasteiger partial charge in [0.05, 0.1) is 12.6 Å². The molecule has 2 saturated heterocycles. The molecule has 0 spiro atoms. The summed E-state index contributed by atoms with van der Waals surface area (Å²) in [7, 11) is 0. The Kier molecular flexibility index (Phi) is 5.26. The molecule has 1 unspecified atom stereocenters. The van der Waals surface area contributed by atoms with E-state index in [0.717, 1.165) is 39.0 Å². The van der Waals surface area contributed by atoms with Crippen LogP contribution in [0.1, 0.15) is 32.6 Å². The van der Waals surface area contributed by atoms with E-state index in [-0.39, 0.29) is 12.1 Å². The molecule has 104 valence electrons. The number of ether oxygens (including phenoxy) is 1. The summed E-state index contributed by atoms with van der Waals surface area (Å²) in [4.78, 5) is 14.3. The van der Waals surface area contributed by atoms with Gasteiger partial charge in [0.2, 0.25) is 0 Å². The number of nitrogens with one attached hydrogen (secondary N) is 2. The van der Waals surface area contributed by atoms with Crippen LogP contribution in [0.3, 0.4) is 0 Å². The summed E-state index contributed by atoms with van der Waals surface area (Å²) in [6.07, 6.45) is 4.27. The van der Waals surface area contributed by atoms with Crippen LogP contribution in [0.2, 0.25) is 0 Å². The van der Waals surface area contributed by atoms with E-state index in [2.05, 4.69) is 22.5 Å². The minimum atomic E-state index is -0.0283. The van der Waals surface area contributed by atoms with Gasteiger partial charge in [0.25, 0.3) is 0 Å². The lowest BCUT2D eigenvalue weighted by molar-refractivity contribution is 0.182. The molecular weight excluding hydrogens is 230 g/mol. The van der Waals surface area contributed by atoms with Gasteiger partial charge in [0.15, 0.2) is 0 Å². The van der Waals surface area contributed by atoms with Crippen molar-refractivity contribution in [2.75, 3.05) is 32.8 Å². The molecule has 0 bridgehead atoms. The van der Waals surface area contributed by atoms with Crippen LogP contribution in [0, 0.1) is 0 Å². The smallest absolute Gasteiger partial charge is 0.315 e. The van der Waals surface area contributed by atoms with Gasteiger partial charge < -0.3 is 20.3 Å². The molecule has 2 rings (SSSR count). The van der Waals surface area contributed by atoms with Crippen LogP contribution in [0.15, 0.2) is 0 Å². The van der Waals surface area contributed by atoms with Crippen molar-refractivity contribution in [1.29, 1.82) is 0 Å². The van der Waals surface area contributed by atoms with E-state index in [1.807, 2.05) is 0 Å². The van der Waals surface area contributed by atoms with Crippen molar-refractivity contribution >= 4 is 6.03 Å². The maximum Gasteiger partial charge on any atom is 0.315 e. The number of amides is 2. The van der Waals surface area contributed by atoms with E-state index >= 15 is 0 Å². The zero-order chi connectivity index (χ0) is 12.8. The Hall–Kier alpha value is -0.810. The van der Waals surface area contributed by atoms with Crippen molar-refractivity contribution in [3.63, 3.8) is 0 Å². The number of carbonyl (C=O) groups excluding carboxylic acids is 1. The lowest BCUT2D eigenvalue weighted by atomic mass is 10.1. The molecule has 0 aliphatic carbocycles. The minimum Gasteiger partial charge on any atom is -0.379 e. The van der Waals surface area contributed by atoms with E-state index in [0.29, 0.717) is 12.6 Å². The first-order chi connectivity index (χ1) is 8.78. The Bertz CT molecular complexity index is 259. The third kappa shape index (κ3) is 4.14. The van der Waals surface area contributed by atoms with Gasteiger partial charge in [-0.2, -0.15) is 0 Å². The summed E-state index contributed by atoms with van der Waals surface area (Å²) in [6, 6.07) is 0.505. The van der Waals surface area contributed by atoms with Gasteiger partial charge in [-0.1, -0.05) is 6.92 Å². The molecule has 0 aromatic rings. The zero-order valence-corrected chi connectivity index (χ0v) is 11.3. The Morgan fingerprint density at radius 1 is 1.22 bits per heavy atom. The molecule has 0 aromatic heterocycles. The molecule has 5 nitrogen and oxygen atoms in total. The van der Waals surface area contributed by atoms with E-state index < -0.39 is 0 Å². The summed E-state index contributed by atoms with van der Waals surface area (Å²) in [6.45, 7) is 7.01. The second-order valence-corrected chi connectivity index (χ2v) is 5.29. The fraction of sp³-hybridized carbons (Fsp3) is 0.923. The quantitative estimate of drug-likeness (QED) is 0.786. The molecule has 18 heavy (non-hydrogen) atoms. The van der Waals surface area contributed by atoms with Crippen molar-refractivity contribution < 1.29 is 9.53 Å². The second kappa shape index (κ2) is 6.95. The summed E-state index contributed by atoms with van der Waals surface area (Å²) < 4.78 is 5.24. The van der Waals surface area contributed by atoms with Gasteiger partial charge in [0, 0.05) is 25.7 Å². The molecule has 0 aromatic carbocycles. The number of urea groups is 1. The predicted molar refractivity (Wildman–Crippen MR) is 70.6 cm³/mol. The Labute approximate surface area is 109 Å². The number of hydrogen-bond donors (Lipinski definition) is 2. The SMILES string of the molecule is CCCN1CCC(NC(=O)NC2CCOC2)CC1. The van der Waals surface area contributed by atoms with Gasteiger partial charge in [-0.25, -0.2) is 4.79 Å². The van der Waals surface area contributed by atoms with Crippen molar-refractivity contribution in [3.8, 4) is 0 Å². The summed E-state index contributed by atoms with van der Waals surface area (Å²) in [5, 5.41) is 6.05. The molecule has 2 fully saturated rings. The zero-order valence-electron chi connectivity index (χ0n) is 11.3. The number of nitrogens with zero attached hydrogens (tertiary/aromatic N) is 1. The first-order valence-corrected chi connectivity index (χ1v) is 7.15. The normalized spacial score (nSPS) is 26.2. The second-order valence-electron chi connectivity index (χ2n) is 5.29. The van der Waals surface area contributed by atoms with E-state index in [4.69, 9.17) is 4.74 Å². The number of piperidine rings is 1. The highest BCUT2D eigenvalue weighted by Crippen LogP contribution is 2.10. The summed E-state index contributed by atoms with van der Waals surface area (Å²) in [5.74, 6) is 0. The first kappa shape index (κ1) is 13.6. The molecule has 0 saturated carbocycles. The average Bonchev–Trinajstić information content (AvgIpc) is 2.84. The van der Waals surface area contributed by atoms with E-state index in [1.165, 1.54) is 13.0 Å². The van der Waals surface area contributed by atoms with Crippen molar-refractivity contribution in [2.45, 2.75) is 44.7 Å². The highest BCUT2D eigenvalue weighted by molar-refractivity contribution is 5.74. The topological polar surface area (TPSA) is 53.6 Å². The highest BCUT2D eigenvalue weighted by atomic mass is 16.5. The fourth-order valence-electron chi connectivity index (χ4n) is 2.68. The van der Waals surface area contributed by atoms with Crippen molar-refractivity contribution in [2.24, 2.45) is 0 Å². The Morgan fingerprint density at radius 2 is 1.94 bits per heavy atom. The van der Waals surface area contributed by atoms with Crippen LogP contribution in [-0.4, -0.2) is 55.9 Å². The van der Waals surface area contributed by atoms with Gasteiger partial charge in [-0.15, -0.1) is 0 Å². The molecule has 2 N–H and O–H groups in total. The Balaban J connectivity index is 1.63. The first-order valence-electron chi connectivity index (χ1n) is 7.15. The third-order valence-corrected chi connectivity index (χ3v) is 3.73. The van der Waals surface area contributed by atoms with Crippen LogP contribution in [-0.2, 0) is 4.74 Å². The van der Waals surface area contributed by atoms with Crippen LogP contribution < -0.4 is 10.6 Å². The average molecular weight is 255 g/mol. The van der Waals surface area contributed by atoms with Crippen LogP contribution in [0.4, 0.5) is 4.79 Å². The Morgan fingerprint density at radius 3 is 2.56 bits per heavy atom. The monoisotopic (exact) mass is 255 g/mol. The van der Waals surface area contributed by atoms with Crippen molar-refractivity contribution in [1.82, 2.24) is 15.5 Å². The van der Waals surface area contributed by atoms with Crippen LogP contribution in [0.25, 0.3) is 0 Å². The number of likely N-dealkylation sites (tertiary alicyclic amines) is 1. The molecule has 2 aliphatic rings. The highest BCUT2D eigenvalue weighted by Gasteiger charge is 2.22. The number of hydrogen-bond acceptors (Lipinski definition) is 3. The minimum absolute atomic E-state index is 0.0283. The van der Waals surface area contributed by atoms with E-state index in [1.54, 1.807) is 0 Å². The van der Waals surface area contributed by atoms with Gasteiger partial charge in [0.1, 0.15) is 0 Å². The lowest BCUT2D eigenvalue weighted by Gasteiger charge is -2.32. The molecular formula is C13H25N3O2. The maximum absolute atomic E-state index is 11.8. The van der Waals surface area contributed by atoms with Gasteiger partial charge in [-0.05, 0) is 32.2 Å². The summed E-state index contributed by atoms with van der Waals surface area (Å²) in [5.41, 5.74) is 0. The lowest BCUT2D eigenvalue weighted by Crippen LogP contribution is -2.50. The maximum atomic E-state index is 11.8. The largest absolute Gasteiger partial charge is 0.379 e. The molecule has 0 radical (unpaired) electrons. The predicted octanol–water partition coefficient (Wildman–Crippen LogP) is 0.949. The third-order valence-electron chi connectivity index (χ3n) is 3.73. The van der Waals surface area contributed by atoms with E-state index in [9.17, 15) is 4.79 Å². The molecule has 2 amide bonds. The molecule has 5 heteroatoms. The molecule has 2 aliphatic heterocycles. The molecule has 2 heterocycles. The standard InChI is InChI=1S/C13H25N3O2/c1-2-6-16-7-3-11(4-8-16)14-13(17)15-12-5-9-18-10-12/h11-12H,2-10H2,1H3,(H2,14,15,17). The molecule has 1 atom stereocenters. The number of rotatable bonds is 4. The van der Waals surface area contributed by atoms with Crippen LogP contribution in [0.5, 0.6) is 0 Å². The van der Waals surface area contributed by atoms with Gasteiger partial charge in [-0.3, -0.25) is 0 Å².